The van der Waals surface area contributed by atoms with Crippen molar-refractivity contribution in [3.8, 4) is 11.5 Å². The fraction of sp³-hybridized carbons (Fsp3) is 0.400. The normalized spacial score (nSPS) is 20.1. The van der Waals surface area contributed by atoms with Crippen LogP contribution in [0.25, 0.3) is 0 Å². The fourth-order valence-corrected chi connectivity index (χ4v) is 5.55. The lowest BCUT2D eigenvalue weighted by Crippen LogP contribution is -2.38. The van der Waals surface area contributed by atoms with E-state index >= 15 is 0 Å². The third-order valence-electron chi connectivity index (χ3n) is 6.74. The highest BCUT2D eigenvalue weighted by atomic mass is 31.1. The number of rotatable bonds is 14. The van der Waals surface area contributed by atoms with Gasteiger partial charge in [0.05, 0.1) is 33.0 Å². The highest BCUT2D eigenvalue weighted by Crippen LogP contribution is 2.43. The molecule has 0 amide bonds. The Morgan fingerprint density at radius 2 is 1.44 bits per heavy atom. The molecule has 1 unspecified atom stereocenters. The highest BCUT2D eigenvalue weighted by molar-refractivity contribution is 7.33. The number of hydrogen-bond acceptors (Lipinski definition) is 8. The molecule has 0 N–H and O–H groups in total. The van der Waals surface area contributed by atoms with Crippen molar-refractivity contribution in [2.24, 2.45) is 0 Å². The summed E-state index contributed by atoms with van der Waals surface area (Å²) in [6.07, 6.45) is -0.415. The van der Waals surface area contributed by atoms with Crippen molar-refractivity contribution in [1.29, 1.82) is 0 Å². The first kappa shape index (κ1) is 29.3. The number of methoxy groups -OCH3 is 2. The van der Waals surface area contributed by atoms with Gasteiger partial charge < -0.3 is 28.2 Å². The van der Waals surface area contributed by atoms with E-state index in [1.165, 1.54) is 0 Å². The Balaban J connectivity index is 1.69. The molecule has 1 fully saturated rings. The van der Waals surface area contributed by atoms with Crippen molar-refractivity contribution >= 4 is 8.25 Å². The Morgan fingerprint density at radius 1 is 0.872 bits per heavy atom. The lowest BCUT2D eigenvalue weighted by Gasteiger charge is -2.37. The van der Waals surface area contributed by atoms with Crippen molar-refractivity contribution in [2.75, 3.05) is 34.2 Å². The van der Waals surface area contributed by atoms with Crippen LogP contribution in [0.3, 0.4) is 0 Å². The monoisotopic (exact) mass is 556 g/mol. The van der Waals surface area contributed by atoms with E-state index in [1.807, 2.05) is 92.7 Å². The van der Waals surface area contributed by atoms with E-state index in [0.29, 0.717) is 13.0 Å². The first-order valence-electron chi connectivity index (χ1n) is 13.0. The summed E-state index contributed by atoms with van der Waals surface area (Å²) in [5.41, 5.74) is 1.78. The van der Waals surface area contributed by atoms with Crippen LogP contribution in [0.1, 0.15) is 37.0 Å². The van der Waals surface area contributed by atoms with E-state index in [2.05, 4.69) is 0 Å². The van der Waals surface area contributed by atoms with E-state index in [0.717, 1.165) is 28.2 Å². The summed E-state index contributed by atoms with van der Waals surface area (Å²) in [7, 11) is 0.519. The Kier molecular flexibility index (Phi) is 10.6. The Labute approximate surface area is 231 Å². The zero-order valence-corrected chi connectivity index (χ0v) is 23.8. The fourth-order valence-electron chi connectivity index (χ4n) is 4.80. The zero-order chi connectivity index (χ0) is 27.7. The SMILES string of the molecule is CCOCO[PH](=O)O[C@@H]1C[C@H](C)O[C@@H]1COC(c1ccccc1)(c1ccc(OC)cc1)c1ccc(OC)cc1. The quantitative estimate of drug-likeness (QED) is 0.104. The van der Waals surface area contributed by atoms with Crippen molar-refractivity contribution in [3.63, 3.8) is 0 Å². The maximum Gasteiger partial charge on any atom is 0.321 e. The van der Waals surface area contributed by atoms with Gasteiger partial charge in [-0.3, -0.25) is 9.09 Å². The van der Waals surface area contributed by atoms with E-state index in [-0.39, 0.29) is 19.5 Å². The highest BCUT2D eigenvalue weighted by Gasteiger charge is 2.42. The lowest BCUT2D eigenvalue weighted by atomic mass is 9.80. The average molecular weight is 557 g/mol. The molecule has 8 nitrogen and oxygen atoms in total. The minimum absolute atomic E-state index is 0.0787. The smallest absolute Gasteiger partial charge is 0.321 e. The molecule has 1 aliphatic heterocycles. The van der Waals surface area contributed by atoms with E-state index in [4.69, 9.17) is 32.7 Å². The van der Waals surface area contributed by atoms with Gasteiger partial charge in [-0.2, -0.15) is 0 Å². The minimum atomic E-state index is -2.76. The standard InChI is InChI=1S/C30H37O8P/c1-5-34-21-36-39(31)38-28-19-22(2)37-29(28)20-35-30(23-9-7-6-8-10-23,24-11-15-26(32-3)16-12-24)25-13-17-27(33-4)18-14-25/h6-18,22,28-29,39H,5,19-21H2,1-4H3/t22-,28+,29+/m0/s1. The van der Waals surface area contributed by atoms with Crippen LogP contribution in [0.5, 0.6) is 11.5 Å². The number of ether oxygens (including phenoxy) is 5. The molecule has 0 saturated carbocycles. The molecule has 0 aromatic heterocycles. The number of benzene rings is 3. The van der Waals surface area contributed by atoms with Crippen LogP contribution >= 0.6 is 8.25 Å². The van der Waals surface area contributed by atoms with Gasteiger partial charge in [-0.05, 0) is 54.8 Å². The molecule has 210 valence electrons. The second kappa shape index (κ2) is 14.1. The molecule has 1 heterocycles. The van der Waals surface area contributed by atoms with Gasteiger partial charge in [0.1, 0.15) is 23.2 Å². The first-order chi connectivity index (χ1) is 19.0. The van der Waals surface area contributed by atoms with Crippen LogP contribution in [0.15, 0.2) is 78.9 Å². The summed E-state index contributed by atoms with van der Waals surface area (Å²) in [5, 5.41) is 0. The average Bonchev–Trinajstić information content (AvgIpc) is 3.33. The van der Waals surface area contributed by atoms with Gasteiger partial charge in [0.25, 0.3) is 0 Å². The van der Waals surface area contributed by atoms with Crippen LogP contribution in [0.4, 0.5) is 0 Å². The predicted molar refractivity (Wildman–Crippen MR) is 149 cm³/mol. The van der Waals surface area contributed by atoms with Gasteiger partial charge in [0.15, 0.2) is 6.79 Å². The minimum Gasteiger partial charge on any atom is -0.497 e. The molecule has 9 heteroatoms. The van der Waals surface area contributed by atoms with Crippen molar-refractivity contribution in [1.82, 2.24) is 0 Å². The van der Waals surface area contributed by atoms with E-state index < -0.39 is 26.1 Å². The molecule has 1 saturated heterocycles. The third kappa shape index (κ3) is 7.09. The van der Waals surface area contributed by atoms with Gasteiger partial charge in [-0.1, -0.05) is 54.6 Å². The van der Waals surface area contributed by atoms with E-state index in [9.17, 15) is 4.57 Å². The van der Waals surface area contributed by atoms with Gasteiger partial charge in [-0.25, -0.2) is 0 Å². The molecule has 3 aromatic carbocycles. The summed E-state index contributed by atoms with van der Waals surface area (Å²) in [4.78, 5) is 0. The Bertz CT molecular complexity index is 1120. The van der Waals surface area contributed by atoms with Gasteiger partial charge in [0, 0.05) is 13.0 Å². The molecule has 4 rings (SSSR count). The molecule has 0 bridgehead atoms. The zero-order valence-electron chi connectivity index (χ0n) is 22.8. The molecule has 1 aliphatic rings. The summed E-state index contributed by atoms with van der Waals surface area (Å²) in [6, 6.07) is 25.7. The largest absolute Gasteiger partial charge is 0.497 e. The topological polar surface area (TPSA) is 81.7 Å². The van der Waals surface area contributed by atoms with Crippen LogP contribution in [-0.4, -0.2) is 52.5 Å². The van der Waals surface area contributed by atoms with E-state index in [1.54, 1.807) is 14.2 Å². The molecule has 4 atom stereocenters. The third-order valence-corrected chi connectivity index (χ3v) is 7.58. The van der Waals surface area contributed by atoms with Crippen LogP contribution in [-0.2, 0) is 33.4 Å². The maximum atomic E-state index is 12.5. The summed E-state index contributed by atoms with van der Waals surface area (Å²) >= 11 is 0. The van der Waals surface area contributed by atoms with Crippen LogP contribution < -0.4 is 9.47 Å². The second-order valence-corrected chi connectivity index (χ2v) is 10.2. The Hall–Kier alpha value is -2.71. The Morgan fingerprint density at radius 3 is 1.97 bits per heavy atom. The van der Waals surface area contributed by atoms with Gasteiger partial charge in [-0.15, -0.1) is 0 Å². The van der Waals surface area contributed by atoms with Crippen molar-refractivity contribution < 1.29 is 37.3 Å². The predicted octanol–water partition coefficient (Wildman–Crippen LogP) is 5.98. The van der Waals surface area contributed by atoms with Crippen LogP contribution in [0.2, 0.25) is 0 Å². The maximum absolute atomic E-state index is 12.5. The second-order valence-electron chi connectivity index (χ2n) is 9.20. The summed E-state index contributed by atoms with van der Waals surface area (Å²) in [6.45, 7) is 4.37. The number of hydrogen-bond donors (Lipinski definition) is 0. The molecule has 0 spiro atoms. The lowest BCUT2D eigenvalue weighted by molar-refractivity contribution is -0.0783. The summed E-state index contributed by atoms with van der Waals surface area (Å²) in [5.74, 6) is 1.49. The summed E-state index contributed by atoms with van der Waals surface area (Å²) < 4.78 is 52.5. The van der Waals surface area contributed by atoms with Crippen molar-refractivity contribution in [3.05, 3.63) is 95.6 Å². The first-order valence-corrected chi connectivity index (χ1v) is 14.3. The van der Waals surface area contributed by atoms with Crippen LogP contribution in [0, 0.1) is 0 Å². The molecular weight excluding hydrogens is 519 g/mol. The molecule has 0 radical (unpaired) electrons. The van der Waals surface area contributed by atoms with Gasteiger partial charge >= 0.3 is 8.25 Å². The van der Waals surface area contributed by atoms with Gasteiger partial charge in [0.2, 0.25) is 0 Å². The molecule has 39 heavy (non-hydrogen) atoms. The molecule has 3 aromatic rings. The molecular formula is C30H37O8P. The molecule has 0 aliphatic carbocycles. The van der Waals surface area contributed by atoms with Crippen molar-refractivity contribution in [2.45, 2.75) is 44.2 Å².